The Morgan fingerprint density at radius 1 is 1.50 bits per heavy atom. The minimum Gasteiger partial charge on any atom is -0.367 e. The van der Waals surface area contributed by atoms with E-state index in [2.05, 4.69) is 5.32 Å². The van der Waals surface area contributed by atoms with Crippen molar-refractivity contribution in [2.75, 3.05) is 11.9 Å². The third-order valence-electron chi connectivity index (χ3n) is 3.04. The lowest BCUT2D eigenvalue weighted by Crippen LogP contribution is -2.33. The maximum atomic E-state index is 12.9. The minimum atomic E-state index is -0.383. The monoisotopic (exact) mass is 252 g/mol. The molecule has 0 saturated heterocycles. The summed E-state index contributed by atoms with van der Waals surface area (Å²) < 4.78 is 18.3. The van der Waals surface area contributed by atoms with E-state index >= 15 is 0 Å². The minimum absolute atomic E-state index is 0.0203. The quantitative estimate of drug-likeness (QED) is 0.856. The van der Waals surface area contributed by atoms with E-state index < -0.39 is 0 Å². The van der Waals surface area contributed by atoms with Crippen LogP contribution in [0.3, 0.4) is 0 Å². The lowest BCUT2D eigenvalue weighted by atomic mass is 10.2. The zero-order chi connectivity index (χ0) is 13.0. The van der Waals surface area contributed by atoms with Gasteiger partial charge in [0.1, 0.15) is 12.4 Å². The Kier molecular flexibility index (Phi) is 4.28. The van der Waals surface area contributed by atoms with Gasteiger partial charge in [0.15, 0.2) is 0 Å². The third kappa shape index (κ3) is 3.51. The molecule has 4 nitrogen and oxygen atoms in total. The van der Waals surface area contributed by atoms with E-state index in [-0.39, 0.29) is 30.5 Å². The van der Waals surface area contributed by atoms with Crippen LogP contribution in [0, 0.1) is 5.82 Å². The van der Waals surface area contributed by atoms with Crippen LogP contribution in [0.4, 0.5) is 10.1 Å². The van der Waals surface area contributed by atoms with Gasteiger partial charge in [0.25, 0.3) is 0 Å². The van der Waals surface area contributed by atoms with Crippen LogP contribution in [0.1, 0.15) is 19.3 Å². The van der Waals surface area contributed by atoms with Crippen molar-refractivity contribution < 1.29 is 13.9 Å². The summed E-state index contributed by atoms with van der Waals surface area (Å²) in [5.74, 6) is -0.675. The molecule has 0 spiro atoms. The van der Waals surface area contributed by atoms with E-state index in [1.54, 1.807) is 12.1 Å². The first kappa shape index (κ1) is 13.0. The highest BCUT2D eigenvalue weighted by Crippen LogP contribution is 2.20. The lowest BCUT2D eigenvalue weighted by Gasteiger charge is -2.16. The molecule has 98 valence electrons. The number of halogens is 1. The molecule has 1 aliphatic carbocycles. The molecular weight excluding hydrogens is 235 g/mol. The summed E-state index contributed by atoms with van der Waals surface area (Å²) in [6.45, 7) is -0.0467. The second kappa shape index (κ2) is 5.93. The maximum Gasteiger partial charge on any atom is 0.250 e. The molecule has 2 atom stereocenters. The second-order valence-corrected chi connectivity index (χ2v) is 4.50. The van der Waals surface area contributed by atoms with E-state index in [1.807, 2.05) is 0 Å². The van der Waals surface area contributed by atoms with Crippen molar-refractivity contribution in [3.8, 4) is 0 Å². The highest BCUT2D eigenvalue weighted by Gasteiger charge is 2.25. The van der Waals surface area contributed by atoms with Crippen LogP contribution in [0.2, 0.25) is 0 Å². The fraction of sp³-hybridized carbons (Fsp3) is 0.462. The van der Waals surface area contributed by atoms with Gasteiger partial charge in [-0.2, -0.15) is 0 Å². The van der Waals surface area contributed by atoms with Crippen molar-refractivity contribution in [3.63, 3.8) is 0 Å². The molecule has 1 aliphatic rings. The Labute approximate surface area is 105 Å². The molecule has 0 aromatic heterocycles. The van der Waals surface area contributed by atoms with Gasteiger partial charge in [0, 0.05) is 11.7 Å². The number of amides is 1. The SMILES string of the molecule is NC1CCCC1OCC(=O)Nc1cccc(F)c1. The molecule has 3 N–H and O–H groups in total. The molecule has 2 unspecified atom stereocenters. The molecule has 2 rings (SSSR count). The topological polar surface area (TPSA) is 64.3 Å². The van der Waals surface area contributed by atoms with Crippen LogP contribution in [0.15, 0.2) is 24.3 Å². The van der Waals surface area contributed by atoms with Crippen molar-refractivity contribution in [3.05, 3.63) is 30.1 Å². The lowest BCUT2D eigenvalue weighted by molar-refractivity contribution is -0.122. The van der Waals surface area contributed by atoms with E-state index in [0.29, 0.717) is 5.69 Å². The van der Waals surface area contributed by atoms with E-state index in [9.17, 15) is 9.18 Å². The van der Waals surface area contributed by atoms with Gasteiger partial charge < -0.3 is 15.8 Å². The van der Waals surface area contributed by atoms with Gasteiger partial charge in [0.05, 0.1) is 6.10 Å². The molecule has 5 heteroatoms. The maximum absolute atomic E-state index is 12.9. The zero-order valence-electron chi connectivity index (χ0n) is 10.1. The van der Waals surface area contributed by atoms with Crippen LogP contribution >= 0.6 is 0 Å². The van der Waals surface area contributed by atoms with Crippen LogP contribution in [0.5, 0.6) is 0 Å². The number of carbonyl (C=O) groups is 1. The number of hydrogen-bond acceptors (Lipinski definition) is 3. The standard InChI is InChI=1S/C13H17FN2O2/c14-9-3-1-4-10(7-9)16-13(17)8-18-12-6-2-5-11(12)15/h1,3-4,7,11-12H,2,5-6,8,15H2,(H,16,17). The highest BCUT2D eigenvalue weighted by atomic mass is 19.1. The largest absolute Gasteiger partial charge is 0.367 e. The second-order valence-electron chi connectivity index (χ2n) is 4.50. The predicted molar refractivity (Wildman–Crippen MR) is 66.6 cm³/mol. The molecule has 1 aromatic rings. The molecule has 0 heterocycles. The number of nitrogens with two attached hydrogens (primary N) is 1. The van der Waals surface area contributed by atoms with Gasteiger partial charge >= 0.3 is 0 Å². The third-order valence-corrected chi connectivity index (χ3v) is 3.04. The Hall–Kier alpha value is -1.46. The number of hydrogen-bond donors (Lipinski definition) is 2. The number of nitrogens with one attached hydrogen (secondary N) is 1. The highest BCUT2D eigenvalue weighted by molar-refractivity contribution is 5.91. The zero-order valence-corrected chi connectivity index (χ0v) is 10.1. The fourth-order valence-corrected chi connectivity index (χ4v) is 2.11. The first-order valence-electron chi connectivity index (χ1n) is 6.08. The molecule has 1 aromatic carbocycles. The summed E-state index contributed by atoms with van der Waals surface area (Å²) >= 11 is 0. The number of carbonyl (C=O) groups excluding carboxylic acids is 1. The van der Waals surface area contributed by atoms with Crippen molar-refractivity contribution in [2.24, 2.45) is 5.73 Å². The Morgan fingerprint density at radius 2 is 2.33 bits per heavy atom. The summed E-state index contributed by atoms with van der Waals surface area (Å²) in [5, 5.41) is 2.58. The molecule has 0 radical (unpaired) electrons. The number of benzene rings is 1. The van der Waals surface area contributed by atoms with Crippen LogP contribution in [0.25, 0.3) is 0 Å². The Morgan fingerprint density at radius 3 is 3.00 bits per heavy atom. The van der Waals surface area contributed by atoms with Crippen molar-refractivity contribution in [2.45, 2.75) is 31.4 Å². The van der Waals surface area contributed by atoms with Crippen LogP contribution in [-0.2, 0) is 9.53 Å². The molecular formula is C13H17FN2O2. The molecule has 1 fully saturated rings. The van der Waals surface area contributed by atoms with Crippen LogP contribution < -0.4 is 11.1 Å². The van der Waals surface area contributed by atoms with Crippen LogP contribution in [-0.4, -0.2) is 24.7 Å². The number of rotatable bonds is 4. The molecule has 1 saturated carbocycles. The average Bonchev–Trinajstić information content (AvgIpc) is 2.72. The summed E-state index contributed by atoms with van der Waals surface area (Å²) in [6, 6.07) is 5.77. The first-order chi connectivity index (χ1) is 8.65. The number of ether oxygens (including phenoxy) is 1. The van der Waals surface area contributed by atoms with Crippen molar-refractivity contribution >= 4 is 11.6 Å². The van der Waals surface area contributed by atoms with E-state index in [4.69, 9.17) is 10.5 Å². The van der Waals surface area contributed by atoms with Gasteiger partial charge in [-0.15, -0.1) is 0 Å². The van der Waals surface area contributed by atoms with E-state index in [1.165, 1.54) is 12.1 Å². The van der Waals surface area contributed by atoms with Gasteiger partial charge in [-0.1, -0.05) is 6.07 Å². The fourth-order valence-electron chi connectivity index (χ4n) is 2.11. The average molecular weight is 252 g/mol. The predicted octanol–water partition coefficient (Wildman–Crippen LogP) is 1.66. The first-order valence-corrected chi connectivity index (χ1v) is 6.08. The Bertz CT molecular complexity index is 425. The van der Waals surface area contributed by atoms with Gasteiger partial charge in [-0.25, -0.2) is 4.39 Å². The molecule has 1 amide bonds. The smallest absolute Gasteiger partial charge is 0.250 e. The molecule has 0 bridgehead atoms. The normalized spacial score (nSPS) is 23.0. The Balaban J connectivity index is 1.78. The van der Waals surface area contributed by atoms with Crippen molar-refractivity contribution in [1.82, 2.24) is 0 Å². The molecule has 0 aliphatic heterocycles. The summed E-state index contributed by atoms with van der Waals surface area (Å²) in [6.07, 6.45) is 2.84. The summed E-state index contributed by atoms with van der Waals surface area (Å²) in [7, 11) is 0. The van der Waals surface area contributed by atoms with E-state index in [0.717, 1.165) is 19.3 Å². The summed E-state index contributed by atoms with van der Waals surface area (Å²) in [5.41, 5.74) is 6.26. The van der Waals surface area contributed by atoms with Gasteiger partial charge in [-0.3, -0.25) is 4.79 Å². The van der Waals surface area contributed by atoms with Crippen molar-refractivity contribution in [1.29, 1.82) is 0 Å². The van der Waals surface area contributed by atoms with Gasteiger partial charge in [0.2, 0.25) is 5.91 Å². The molecule has 18 heavy (non-hydrogen) atoms. The van der Waals surface area contributed by atoms with Gasteiger partial charge in [-0.05, 0) is 37.5 Å². The number of anilines is 1. The summed E-state index contributed by atoms with van der Waals surface area (Å²) in [4.78, 5) is 11.6.